The van der Waals surface area contributed by atoms with Crippen LogP contribution in [0.25, 0.3) is 0 Å². The minimum Gasteiger partial charge on any atom is -0.343 e. The molecule has 1 aliphatic heterocycles. The smallest absolute Gasteiger partial charge is 0.223 e. The van der Waals surface area contributed by atoms with Gasteiger partial charge in [0.25, 0.3) is 0 Å². The van der Waals surface area contributed by atoms with Gasteiger partial charge in [0.05, 0.1) is 6.26 Å². The van der Waals surface area contributed by atoms with E-state index in [1.54, 1.807) is 0 Å². The molecule has 1 rings (SSSR count). The summed E-state index contributed by atoms with van der Waals surface area (Å²) in [6.45, 7) is 6.68. The topological polar surface area (TPSA) is 57.7 Å². The Morgan fingerprint density at radius 2 is 1.85 bits per heavy atom. The molecule has 0 bridgehead atoms. The quantitative estimate of drug-likeness (QED) is 0.719. The van der Waals surface area contributed by atoms with E-state index in [4.69, 9.17) is 0 Å². The summed E-state index contributed by atoms with van der Waals surface area (Å²) in [6, 6.07) is 0. The van der Waals surface area contributed by atoms with Gasteiger partial charge in [0.15, 0.2) is 0 Å². The highest BCUT2D eigenvalue weighted by Gasteiger charge is 2.22. The van der Waals surface area contributed by atoms with E-state index in [0.717, 1.165) is 38.8 Å². The van der Waals surface area contributed by atoms with E-state index in [2.05, 4.69) is 6.92 Å². The van der Waals surface area contributed by atoms with Gasteiger partial charge in [0.1, 0.15) is 0 Å². The zero-order valence-corrected chi connectivity index (χ0v) is 13.8. The highest BCUT2D eigenvalue weighted by molar-refractivity contribution is 7.88. The van der Waals surface area contributed by atoms with Crippen molar-refractivity contribution in [3.05, 3.63) is 0 Å². The molecule has 1 heterocycles. The lowest BCUT2D eigenvalue weighted by Crippen LogP contribution is -2.40. The Labute approximate surface area is 123 Å². The van der Waals surface area contributed by atoms with Crippen molar-refractivity contribution in [3.8, 4) is 0 Å². The van der Waals surface area contributed by atoms with Crippen LogP contribution in [0, 0.1) is 5.92 Å². The highest BCUT2D eigenvalue weighted by Crippen LogP contribution is 2.16. The number of carbonyl (C=O) groups is 1. The first-order valence-corrected chi connectivity index (χ1v) is 9.42. The first kappa shape index (κ1) is 17.4. The van der Waals surface area contributed by atoms with E-state index in [-0.39, 0.29) is 5.91 Å². The minimum atomic E-state index is -3.21. The highest BCUT2D eigenvalue weighted by atomic mass is 32.2. The van der Waals surface area contributed by atoms with Gasteiger partial charge in [-0.1, -0.05) is 20.3 Å². The predicted molar refractivity (Wildman–Crippen MR) is 80.9 cm³/mol. The molecule has 118 valence electrons. The van der Waals surface area contributed by atoms with E-state index < -0.39 is 10.0 Å². The Hall–Kier alpha value is -0.620. The van der Waals surface area contributed by atoms with Gasteiger partial charge in [-0.05, 0) is 25.2 Å². The zero-order chi connectivity index (χ0) is 15.2. The SMILES string of the molecule is CCCCN(CCC(=O)N1CCC(C)CC1)S(C)(=O)=O. The number of sulfonamides is 1. The summed E-state index contributed by atoms with van der Waals surface area (Å²) < 4.78 is 24.8. The molecular formula is C14H28N2O3S. The van der Waals surface area contributed by atoms with Crippen LogP contribution in [0.2, 0.25) is 0 Å². The van der Waals surface area contributed by atoms with Gasteiger partial charge in [-0.2, -0.15) is 0 Å². The van der Waals surface area contributed by atoms with Crippen molar-refractivity contribution in [1.29, 1.82) is 0 Å². The van der Waals surface area contributed by atoms with Gasteiger partial charge in [0.2, 0.25) is 15.9 Å². The van der Waals surface area contributed by atoms with Gasteiger partial charge in [-0.15, -0.1) is 0 Å². The van der Waals surface area contributed by atoms with E-state index in [0.29, 0.717) is 25.4 Å². The molecular weight excluding hydrogens is 276 g/mol. The zero-order valence-electron chi connectivity index (χ0n) is 13.0. The molecule has 0 saturated carbocycles. The summed E-state index contributed by atoms with van der Waals surface area (Å²) >= 11 is 0. The van der Waals surface area contributed by atoms with E-state index >= 15 is 0 Å². The molecule has 0 radical (unpaired) electrons. The Balaban J connectivity index is 2.44. The first-order chi connectivity index (χ1) is 9.34. The molecule has 0 aliphatic carbocycles. The van der Waals surface area contributed by atoms with Gasteiger partial charge in [-0.3, -0.25) is 4.79 Å². The Kier molecular flexibility index (Phi) is 6.95. The summed E-state index contributed by atoms with van der Waals surface area (Å²) in [5.74, 6) is 0.776. The van der Waals surface area contributed by atoms with Crippen LogP contribution in [0.3, 0.4) is 0 Å². The number of likely N-dealkylation sites (tertiary alicyclic amines) is 1. The third-order valence-corrected chi connectivity index (χ3v) is 5.24. The maximum Gasteiger partial charge on any atom is 0.223 e. The number of rotatable bonds is 7. The van der Waals surface area contributed by atoms with Gasteiger partial charge in [0, 0.05) is 32.6 Å². The Bertz CT molecular complexity index is 401. The third kappa shape index (κ3) is 5.79. The molecule has 0 unspecified atom stereocenters. The van der Waals surface area contributed by atoms with Gasteiger partial charge >= 0.3 is 0 Å². The largest absolute Gasteiger partial charge is 0.343 e. The van der Waals surface area contributed by atoms with Crippen LogP contribution < -0.4 is 0 Å². The lowest BCUT2D eigenvalue weighted by Gasteiger charge is -2.31. The van der Waals surface area contributed by atoms with Crippen molar-refractivity contribution in [2.75, 3.05) is 32.4 Å². The van der Waals surface area contributed by atoms with Crippen LogP contribution in [-0.2, 0) is 14.8 Å². The number of hydrogen-bond acceptors (Lipinski definition) is 3. The fraction of sp³-hybridized carbons (Fsp3) is 0.929. The first-order valence-electron chi connectivity index (χ1n) is 7.57. The van der Waals surface area contributed by atoms with Crippen LogP contribution in [0.1, 0.15) is 46.0 Å². The summed E-state index contributed by atoms with van der Waals surface area (Å²) in [5, 5.41) is 0. The molecule has 0 aromatic heterocycles. The van der Waals surface area contributed by atoms with Gasteiger partial charge < -0.3 is 4.90 Å². The lowest BCUT2D eigenvalue weighted by atomic mass is 9.99. The van der Waals surface area contributed by atoms with Crippen LogP contribution in [-0.4, -0.2) is 56.0 Å². The average molecular weight is 304 g/mol. The normalized spacial score (nSPS) is 17.7. The molecule has 1 amide bonds. The molecule has 5 nitrogen and oxygen atoms in total. The Morgan fingerprint density at radius 3 is 2.35 bits per heavy atom. The number of amides is 1. The van der Waals surface area contributed by atoms with Crippen molar-refractivity contribution in [3.63, 3.8) is 0 Å². The molecule has 6 heteroatoms. The number of unbranched alkanes of at least 4 members (excludes halogenated alkanes) is 1. The molecule has 0 aromatic carbocycles. The molecule has 0 atom stereocenters. The second-order valence-electron chi connectivity index (χ2n) is 5.83. The van der Waals surface area contributed by atoms with Crippen molar-refractivity contribution in [1.82, 2.24) is 9.21 Å². The number of nitrogens with zero attached hydrogens (tertiary/aromatic N) is 2. The summed E-state index contributed by atoms with van der Waals surface area (Å²) in [6.07, 6.45) is 5.40. The van der Waals surface area contributed by atoms with Crippen LogP contribution >= 0.6 is 0 Å². The van der Waals surface area contributed by atoms with Crippen molar-refractivity contribution in [2.45, 2.75) is 46.0 Å². The molecule has 0 spiro atoms. The predicted octanol–water partition coefficient (Wildman–Crippen LogP) is 1.70. The second kappa shape index (κ2) is 7.98. The monoisotopic (exact) mass is 304 g/mol. The molecule has 1 fully saturated rings. The number of piperidine rings is 1. The Morgan fingerprint density at radius 1 is 1.25 bits per heavy atom. The van der Waals surface area contributed by atoms with Crippen molar-refractivity contribution in [2.24, 2.45) is 5.92 Å². The molecule has 0 aromatic rings. The average Bonchev–Trinajstić information content (AvgIpc) is 2.37. The maximum absolute atomic E-state index is 12.1. The number of carbonyl (C=O) groups excluding carboxylic acids is 1. The van der Waals surface area contributed by atoms with Crippen LogP contribution in [0.4, 0.5) is 0 Å². The third-order valence-electron chi connectivity index (χ3n) is 3.94. The minimum absolute atomic E-state index is 0.0852. The van der Waals surface area contributed by atoms with Crippen molar-refractivity contribution >= 4 is 15.9 Å². The van der Waals surface area contributed by atoms with Crippen LogP contribution in [0.5, 0.6) is 0 Å². The lowest BCUT2D eigenvalue weighted by molar-refractivity contribution is -0.132. The van der Waals surface area contributed by atoms with E-state index in [9.17, 15) is 13.2 Å². The van der Waals surface area contributed by atoms with Crippen molar-refractivity contribution < 1.29 is 13.2 Å². The molecule has 20 heavy (non-hydrogen) atoms. The fourth-order valence-electron chi connectivity index (χ4n) is 2.41. The number of hydrogen-bond donors (Lipinski definition) is 0. The fourth-order valence-corrected chi connectivity index (χ4v) is 3.30. The summed E-state index contributed by atoms with van der Waals surface area (Å²) in [7, 11) is -3.21. The van der Waals surface area contributed by atoms with E-state index in [1.165, 1.54) is 10.6 Å². The van der Waals surface area contributed by atoms with Gasteiger partial charge in [-0.25, -0.2) is 12.7 Å². The molecule has 1 saturated heterocycles. The maximum atomic E-state index is 12.1. The summed E-state index contributed by atoms with van der Waals surface area (Å²) in [4.78, 5) is 14.0. The molecule has 1 aliphatic rings. The second-order valence-corrected chi connectivity index (χ2v) is 7.81. The summed E-state index contributed by atoms with van der Waals surface area (Å²) in [5.41, 5.74) is 0. The van der Waals surface area contributed by atoms with E-state index in [1.807, 2.05) is 11.8 Å². The standard InChI is InChI=1S/C14H28N2O3S/c1-4-5-9-16(20(3,18)19)12-8-14(17)15-10-6-13(2)7-11-15/h13H,4-12H2,1-3H3. The van der Waals surface area contributed by atoms with Crippen LogP contribution in [0.15, 0.2) is 0 Å². The molecule has 0 N–H and O–H groups in total.